The van der Waals surface area contributed by atoms with E-state index in [1.165, 1.54) is 0 Å². The zero-order valence-corrected chi connectivity index (χ0v) is 13.0. The zero-order chi connectivity index (χ0) is 14.7. The van der Waals surface area contributed by atoms with E-state index in [-0.39, 0.29) is 10.8 Å². The minimum Gasteiger partial charge on any atom is -0.380 e. The highest BCUT2D eigenvalue weighted by Gasteiger charge is 2.67. The number of benzene rings is 1. The van der Waals surface area contributed by atoms with Crippen molar-refractivity contribution >= 4 is 17.4 Å². The molecule has 1 aliphatic rings. The molecule has 1 heterocycles. The molecule has 0 aliphatic heterocycles. The first-order valence-electron chi connectivity index (χ1n) is 6.78. The summed E-state index contributed by atoms with van der Waals surface area (Å²) in [6.07, 6.45) is 0. The van der Waals surface area contributed by atoms with Gasteiger partial charge in [-0.25, -0.2) is 0 Å². The first kappa shape index (κ1) is 13.5. The van der Waals surface area contributed by atoms with Crippen molar-refractivity contribution in [2.24, 2.45) is 10.8 Å². The van der Waals surface area contributed by atoms with Crippen LogP contribution in [0.25, 0.3) is 11.1 Å². The highest BCUT2D eigenvalue weighted by atomic mass is 35.5. The third-order valence-corrected chi connectivity index (χ3v) is 5.50. The Bertz CT molecular complexity index is 659. The maximum Gasteiger partial charge on any atom is 0.175 e. The molecule has 106 valence electrons. The lowest BCUT2D eigenvalue weighted by atomic mass is 10.00. The molecule has 3 nitrogen and oxygen atoms in total. The molecular weight excluding hydrogens is 272 g/mol. The van der Waals surface area contributed by atoms with Crippen molar-refractivity contribution in [3.8, 4) is 11.1 Å². The summed E-state index contributed by atoms with van der Waals surface area (Å²) in [6, 6.07) is 7.66. The van der Waals surface area contributed by atoms with Crippen molar-refractivity contribution in [1.29, 1.82) is 0 Å². The molecule has 0 amide bonds. The lowest BCUT2D eigenvalue weighted by molar-refractivity contribution is 0.374. The predicted octanol–water partition coefficient (Wildman–Crippen LogP) is 4.73. The fourth-order valence-electron chi connectivity index (χ4n) is 3.30. The number of anilines is 1. The maximum absolute atomic E-state index is 6.30. The van der Waals surface area contributed by atoms with Crippen LogP contribution in [0.5, 0.6) is 0 Å². The summed E-state index contributed by atoms with van der Waals surface area (Å²) < 4.78 is 5.57. The Kier molecular flexibility index (Phi) is 2.71. The molecule has 1 aromatic heterocycles. The van der Waals surface area contributed by atoms with Crippen LogP contribution in [0.2, 0.25) is 5.02 Å². The van der Waals surface area contributed by atoms with Gasteiger partial charge >= 0.3 is 0 Å². The minimum atomic E-state index is 0.162. The smallest absolute Gasteiger partial charge is 0.175 e. The van der Waals surface area contributed by atoms with E-state index in [1.807, 2.05) is 24.3 Å². The molecule has 0 bridgehead atoms. The highest BCUT2D eigenvalue weighted by molar-refractivity contribution is 6.33. The average molecular weight is 291 g/mol. The van der Waals surface area contributed by atoms with Crippen LogP contribution in [0.4, 0.5) is 5.82 Å². The van der Waals surface area contributed by atoms with Crippen molar-refractivity contribution < 1.29 is 4.52 Å². The van der Waals surface area contributed by atoms with E-state index in [0.29, 0.717) is 16.8 Å². The summed E-state index contributed by atoms with van der Waals surface area (Å²) >= 11 is 6.30. The molecule has 1 aromatic carbocycles. The summed E-state index contributed by atoms with van der Waals surface area (Å²) in [7, 11) is 0. The zero-order valence-electron chi connectivity index (χ0n) is 12.2. The number of hydrogen-bond acceptors (Lipinski definition) is 3. The van der Waals surface area contributed by atoms with Gasteiger partial charge in [0.05, 0.1) is 5.56 Å². The second kappa shape index (κ2) is 4.01. The Balaban J connectivity index is 2.16. The van der Waals surface area contributed by atoms with Crippen molar-refractivity contribution in [2.45, 2.75) is 33.6 Å². The molecule has 2 N–H and O–H groups in total. The van der Waals surface area contributed by atoms with E-state index in [2.05, 4.69) is 32.9 Å². The van der Waals surface area contributed by atoms with Gasteiger partial charge in [-0.15, -0.1) is 0 Å². The highest BCUT2D eigenvalue weighted by Crippen LogP contribution is 2.74. The van der Waals surface area contributed by atoms with Crippen LogP contribution in [0.15, 0.2) is 28.8 Å². The number of aromatic nitrogens is 1. The number of halogens is 1. The largest absolute Gasteiger partial charge is 0.380 e. The van der Waals surface area contributed by atoms with Gasteiger partial charge in [-0.3, -0.25) is 0 Å². The van der Waals surface area contributed by atoms with Crippen molar-refractivity contribution in [2.75, 3.05) is 5.73 Å². The van der Waals surface area contributed by atoms with E-state index in [1.54, 1.807) is 0 Å². The second-order valence-corrected chi connectivity index (χ2v) is 7.07. The Labute approximate surface area is 124 Å². The van der Waals surface area contributed by atoms with E-state index < -0.39 is 0 Å². The second-order valence-electron chi connectivity index (χ2n) is 6.66. The van der Waals surface area contributed by atoms with Gasteiger partial charge in [-0.2, -0.15) is 0 Å². The number of nitrogens with two attached hydrogens (primary N) is 1. The quantitative estimate of drug-likeness (QED) is 0.870. The molecule has 0 atom stereocenters. The van der Waals surface area contributed by atoms with E-state index in [0.717, 1.165) is 16.9 Å². The molecular formula is C16H19ClN2O. The van der Waals surface area contributed by atoms with Gasteiger partial charge in [0.1, 0.15) is 0 Å². The van der Waals surface area contributed by atoms with Gasteiger partial charge in [0, 0.05) is 16.5 Å². The number of hydrogen-bond donors (Lipinski definition) is 1. The van der Waals surface area contributed by atoms with Gasteiger partial charge in [0.2, 0.25) is 0 Å². The van der Waals surface area contributed by atoms with Gasteiger partial charge < -0.3 is 10.3 Å². The van der Waals surface area contributed by atoms with Crippen LogP contribution in [0.1, 0.15) is 39.4 Å². The standard InChI is InChI=1S/C16H19ClN2O/c1-15(2)13(16(15,3)4)12-11(14(18)19-20-12)9-7-5-6-8-10(9)17/h5-8,13H,1-4H3,(H2,18,19). The van der Waals surface area contributed by atoms with Crippen LogP contribution in [-0.2, 0) is 0 Å². The van der Waals surface area contributed by atoms with Crippen LogP contribution >= 0.6 is 11.6 Å². The summed E-state index contributed by atoms with van der Waals surface area (Å²) in [4.78, 5) is 0. The average Bonchev–Trinajstić information content (AvgIpc) is 2.65. The Morgan fingerprint density at radius 1 is 1.15 bits per heavy atom. The fraction of sp³-hybridized carbons (Fsp3) is 0.438. The molecule has 3 rings (SSSR count). The van der Waals surface area contributed by atoms with Gasteiger partial charge in [0.25, 0.3) is 0 Å². The van der Waals surface area contributed by atoms with E-state index in [9.17, 15) is 0 Å². The Morgan fingerprint density at radius 3 is 2.30 bits per heavy atom. The third kappa shape index (κ3) is 1.62. The van der Waals surface area contributed by atoms with E-state index in [4.69, 9.17) is 21.9 Å². The van der Waals surface area contributed by atoms with Crippen LogP contribution < -0.4 is 5.73 Å². The normalized spacial score (nSPS) is 20.1. The van der Waals surface area contributed by atoms with Gasteiger partial charge in [0.15, 0.2) is 11.6 Å². The summed E-state index contributed by atoms with van der Waals surface area (Å²) in [5.41, 5.74) is 8.08. The minimum absolute atomic E-state index is 0.162. The summed E-state index contributed by atoms with van der Waals surface area (Å²) in [5, 5.41) is 4.64. The number of nitrogens with zero attached hydrogens (tertiary/aromatic N) is 1. The number of rotatable bonds is 2. The van der Waals surface area contributed by atoms with Crippen molar-refractivity contribution in [3.05, 3.63) is 35.0 Å². The molecule has 20 heavy (non-hydrogen) atoms. The molecule has 0 radical (unpaired) electrons. The molecule has 2 aromatic rings. The summed E-state index contributed by atoms with van der Waals surface area (Å²) in [6.45, 7) is 8.97. The molecule has 1 saturated carbocycles. The van der Waals surface area contributed by atoms with E-state index >= 15 is 0 Å². The Morgan fingerprint density at radius 2 is 1.75 bits per heavy atom. The monoisotopic (exact) mass is 290 g/mol. The van der Waals surface area contributed by atoms with Crippen LogP contribution in [-0.4, -0.2) is 5.16 Å². The number of nitrogen functional groups attached to an aromatic ring is 1. The molecule has 1 fully saturated rings. The lowest BCUT2D eigenvalue weighted by Crippen LogP contribution is -1.95. The SMILES string of the molecule is CC1(C)C(c2onc(N)c2-c2ccccc2Cl)C1(C)C. The summed E-state index contributed by atoms with van der Waals surface area (Å²) in [5.74, 6) is 1.56. The Hall–Kier alpha value is -1.48. The van der Waals surface area contributed by atoms with Crippen LogP contribution in [0, 0.1) is 10.8 Å². The fourth-order valence-corrected chi connectivity index (χ4v) is 3.53. The molecule has 4 heteroatoms. The first-order chi connectivity index (χ1) is 9.28. The molecule has 0 spiro atoms. The predicted molar refractivity (Wildman–Crippen MR) is 81.7 cm³/mol. The van der Waals surface area contributed by atoms with Crippen molar-refractivity contribution in [1.82, 2.24) is 5.16 Å². The molecule has 0 unspecified atom stereocenters. The lowest BCUT2D eigenvalue weighted by Gasteiger charge is -2.05. The van der Waals surface area contributed by atoms with Gasteiger partial charge in [-0.1, -0.05) is 62.7 Å². The van der Waals surface area contributed by atoms with Crippen molar-refractivity contribution in [3.63, 3.8) is 0 Å². The molecule has 1 aliphatic carbocycles. The molecule has 0 saturated heterocycles. The first-order valence-corrected chi connectivity index (χ1v) is 7.16. The van der Waals surface area contributed by atoms with Gasteiger partial charge in [-0.05, 0) is 16.9 Å². The van der Waals surface area contributed by atoms with Crippen LogP contribution in [0.3, 0.4) is 0 Å². The maximum atomic E-state index is 6.30. The third-order valence-electron chi connectivity index (χ3n) is 5.17. The topological polar surface area (TPSA) is 52.0 Å².